The smallest absolute Gasteiger partial charge is 0.407 e. The molecule has 2 aliphatic carbocycles. The van der Waals surface area contributed by atoms with Crippen LogP contribution in [0.5, 0.6) is 0 Å². The van der Waals surface area contributed by atoms with Gasteiger partial charge < -0.3 is 15.4 Å². The first-order valence-electron chi connectivity index (χ1n) is 9.08. The van der Waals surface area contributed by atoms with Crippen LogP contribution < -0.4 is 10.6 Å². The van der Waals surface area contributed by atoms with E-state index >= 15 is 0 Å². The number of rotatable bonds is 4. The largest absolute Gasteiger partial charge is 0.444 e. The van der Waals surface area contributed by atoms with Crippen LogP contribution in [0.2, 0.25) is 0 Å². The van der Waals surface area contributed by atoms with Crippen LogP contribution in [0.1, 0.15) is 70.1 Å². The number of nitrogens with one attached hydrogen (secondary N) is 2. The number of aromatic nitrogens is 1. The standard InChI is InChI=1S/C18H27N3O3S/c1-18(2,3)24-17(23)20-13-9-12(13)15(22)21-16-19-10-14(25-16)11-7-5-4-6-8-11/h10-13H,4-9H2,1-3H3,(H,20,23)(H,19,21,22)/t12-,13-/m1/s1. The molecule has 2 amide bonds. The van der Waals surface area contributed by atoms with Crippen LogP contribution in [-0.2, 0) is 9.53 Å². The predicted octanol–water partition coefficient (Wildman–Crippen LogP) is 4.04. The summed E-state index contributed by atoms with van der Waals surface area (Å²) in [5, 5.41) is 6.30. The van der Waals surface area contributed by atoms with Gasteiger partial charge in [-0.25, -0.2) is 9.78 Å². The summed E-state index contributed by atoms with van der Waals surface area (Å²) in [6, 6.07) is -0.146. The van der Waals surface area contributed by atoms with E-state index in [1.54, 1.807) is 11.3 Å². The van der Waals surface area contributed by atoms with Crippen molar-refractivity contribution in [3.05, 3.63) is 11.1 Å². The number of amides is 2. The molecule has 25 heavy (non-hydrogen) atoms. The Hall–Kier alpha value is -1.63. The number of nitrogens with zero attached hydrogens (tertiary/aromatic N) is 1. The van der Waals surface area contributed by atoms with Crippen molar-refractivity contribution in [2.45, 2.75) is 76.9 Å². The highest BCUT2D eigenvalue weighted by atomic mass is 32.1. The molecule has 2 fully saturated rings. The Bertz CT molecular complexity index is 632. The van der Waals surface area contributed by atoms with Gasteiger partial charge in [0.2, 0.25) is 5.91 Å². The summed E-state index contributed by atoms with van der Waals surface area (Å²) in [4.78, 5) is 29.7. The van der Waals surface area contributed by atoms with E-state index in [9.17, 15) is 9.59 Å². The molecule has 2 N–H and O–H groups in total. The van der Waals surface area contributed by atoms with Crippen molar-refractivity contribution in [1.82, 2.24) is 10.3 Å². The zero-order valence-corrected chi connectivity index (χ0v) is 15.9. The van der Waals surface area contributed by atoms with Crippen molar-refractivity contribution in [1.29, 1.82) is 0 Å². The van der Waals surface area contributed by atoms with Gasteiger partial charge in [-0.15, -0.1) is 11.3 Å². The van der Waals surface area contributed by atoms with E-state index in [1.165, 1.54) is 37.0 Å². The van der Waals surface area contributed by atoms with Crippen molar-refractivity contribution >= 4 is 28.5 Å². The summed E-state index contributed by atoms with van der Waals surface area (Å²) in [6.07, 6.45) is 8.41. The minimum atomic E-state index is -0.535. The maximum atomic E-state index is 12.3. The van der Waals surface area contributed by atoms with Crippen LogP contribution >= 0.6 is 11.3 Å². The molecule has 0 bridgehead atoms. The summed E-state index contributed by atoms with van der Waals surface area (Å²) < 4.78 is 5.21. The SMILES string of the molecule is CC(C)(C)OC(=O)N[C@@H]1C[C@H]1C(=O)Nc1ncc(C2CCCCC2)s1. The van der Waals surface area contributed by atoms with Crippen molar-refractivity contribution in [2.24, 2.45) is 5.92 Å². The number of alkyl carbamates (subject to hydrolysis) is 1. The number of thiazole rings is 1. The minimum absolute atomic E-state index is 0.0781. The third-order valence-corrected chi connectivity index (χ3v) is 5.67. The van der Waals surface area contributed by atoms with E-state index in [0.29, 0.717) is 17.5 Å². The van der Waals surface area contributed by atoms with E-state index in [2.05, 4.69) is 15.6 Å². The van der Waals surface area contributed by atoms with Gasteiger partial charge in [0.1, 0.15) is 5.60 Å². The molecule has 0 unspecified atom stereocenters. The third-order valence-electron chi connectivity index (χ3n) is 4.59. The summed E-state index contributed by atoms with van der Waals surface area (Å²) in [5.74, 6) is 0.319. The van der Waals surface area contributed by atoms with Gasteiger partial charge in [0.25, 0.3) is 0 Å². The second kappa shape index (κ2) is 7.32. The number of carbonyl (C=O) groups excluding carboxylic acids is 2. The van der Waals surface area contributed by atoms with Gasteiger partial charge in [-0.3, -0.25) is 4.79 Å². The lowest BCUT2D eigenvalue weighted by Gasteiger charge is -2.19. The number of hydrogen-bond donors (Lipinski definition) is 2. The fourth-order valence-corrected chi connectivity index (χ4v) is 4.21. The Morgan fingerprint density at radius 3 is 2.64 bits per heavy atom. The summed E-state index contributed by atoms with van der Waals surface area (Å²) in [5.41, 5.74) is -0.535. The molecule has 0 saturated heterocycles. The topological polar surface area (TPSA) is 80.3 Å². The van der Waals surface area contributed by atoms with Gasteiger partial charge in [-0.05, 0) is 46.0 Å². The van der Waals surface area contributed by atoms with E-state index < -0.39 is 11.7 Å². The molecule has 7 heteroatoms. The predicted molar refractivity (Wildman–Crippen MR) is 97.8 cm³/mol. The molecular weight excluding hydrogens is 338 g/mol. The molecule has 2 saturated carbocycles. The third kappa shape index (κ3) is 5.17. The van der Waals surface area contributed by atoms with Crippen LogP contribution in [0.4, 0.5) is 9.93 Å². The average molecular weight is 365 g/mol. The highest BCUT2D eigenvalue weighted by Gasteiger charge is 2.45. The second-order valence-electron chi connectivity index (χ2n) is 7.99. The van der Waals surface area contributed by atoms with Gasteiger partial charge in [0, 0.05) is 17.1 Å². The van der Waals surface area contributed by atoms with E-state index in [0.717, 1.165) is 0 Å². The lowest BCUT2D eigenvalue weighted by atomic mass is 9.89. The maximum absolute atomic E-state index is 12.3. The quantitative estimate of drug-likeness (QED) is 0.844. The molecule has 0 aromatic carbocycles. The minimum Gasteiger partial charge on any atom is -0.444 e. The van der Waals surface area contributed by atoms with E-state index in [-0.39, 0.29) is 17.9 Å². The second-order valence-corrected chi connectivity index (χ2v) is 9.05. The highest BCUT2D eigenvalue weighted by molar-refractivity contribution is 7.15. The van der Waals surface area contributed by atoms with E-state index in [1.807, 2.05) is 27.0 Å². The number of anilines is 1. The first-order valence-corrected chi connectivity index (χ1v) is 9.89. The molecule has 138 valence electrons. The summed E-state index contributed by atoms with van der Waals surface area (Å²) >= 11 is 1.58. The summed E-state index contributed by atoms with van der Waals surface area (Å²) in [7, 11) is 0. The fourth-order valence-electron chi connectivity index (χ4n) is 3.22. The van der Waals surface area contributed by atoms with Crippen LogP contribution in [-0.4, -0.2) is 28.6 Å². The number of hydrogen-bond acceptors (Lipinski definition) is 5. The molecule has 1 heterocycles. The zero-order chi connectivity index (χ0) is 18.0. The molecule has 1 aromatic rings. The number of ether oxygens (including phenoxy) is 1. The van der Waals surface area contributed by atoms with Gasteiger partial charge in [0.05, 0.1) is 5.92 Å². The number of carbonyl (C=O) groups is 2. The van der Waals surface area contributed by atoms with Crippen molar-refractivity contribution in [3.8, 4) is 0 Å². The normalized spacial score (nSPS) is 23.8. The zero-order valence-electron chi connectivity index (χ0n) is 15.1. The molecule has 2 aliphatic rings. The lowest BCUT2D eigenvalue weighted by molar-refractivity contribution is -0.117. The first kappa shape index (κ1) is 18.2. The fraction of sp³-hybridized carbons (Fsp3) is 0.722. The van der Waals surface area contributed by atoms with Crippen molar-refractivity contribution in [2.75, 3.05) is 5.32 Å². The lowest BCUT2D eigenvalue weighted by Crippen LogP contribution is -2.35. The first-order chi connectivity index (χ1) is 11.8. The molecule has 0 radical (unpaired) electrons. The van der Waals surface area contributed by atoms with Crippen LogP contribution in [0, 0.1) is 5.92 Å². The molecule has 0 spiro atoms. The summed E-state index contributed by atoms with van der Waals surface area (Å²) in [6.45, 7) is 5.45. The Kier molecular flexibility index (Phi) is 5.32. The molecule has 3 rings (SSSR count). The molecule has 0 aliphatic heterocycles. The average Bonchev–Trinajstić information content (AvgIpc) is 3.13. The van der Waals surface area contributed by atoms with Gasteiger partial charge in [-0.1, -0.05) is 19.3 Å². The van der Waals surface area contributed by atoms with Gasteiger partial charge >= 0.3 is 6.09 Å². The Balaban J connectivity index is 1.46. The molecule has 2 atom stereocenters. The van der Waals surface area contributed by atoms with Gasteiger partial charge in [-0.2, -0.15) is 0 Å². The van der Waals surface area contributed by atoms with Gasteiger partial charge in [0.15, 0.2) is 5.13 Å². The Morgan fingerprint density at radius 1 is 1.24 bits per heavy atom. The van der Waals surface area contributed by atoms with Crippen molar-refractivity contribution in [3.63, 3.8) is 0 Å². The molecule has 1 aromatic heterocycles. The van der Waals surface area contributed by atoms with Crippen LogP contribution in [0.15, 0.2) is 6.20 Å². The van der Waals surface area contributed by atoms with E-state index in [4.69, 9.17) is 4.74 Å². The highest BCUT2D eigenvalue weighted by Crippen LogP contribution is 2.37. The molecule has 6 nitrogen and oxygen atoms in total. The molecular formula is C18H27N3O3S. The maximum Gasteiger partial charge on any atom is 0.407 e. The monoisotopic (exact) mass is 365 g/mol. The van der Waals surface area contributed by atoms with Crippen molar-refractivity contribution < 1.29 is 14.3 Å². The Morgan fingerprint density at radius 2 is 1.96 bits per heavy atom. The van der Waals surface area contributed by atoms with Crippen LogP contribution in [0.25, 0.3) is 0 Å². The van der Waals surface area contributed by atoms with Crippen LogP contribution in [0.3, 0.4) is 0 Å². The Labute approximate surface area is 152 Å².